The highest BCUT2D eigenvalue weighted by molar-refractivity contribution is 5.85. The molecule has 116 valence electrons. The van der Waals surface area contributed by atoms with E-state index in [1.54, 1.807) is 25.1 Å². The molecule has 0 spiro atoms. The predicted molar refractivity (Wildman–Crippen MR) is 80.2 cm³/mol. The Balaban J connectivity index is 2.48. The van der Waals surface area contributed by atoms with Gasteiger partial charge in [-0.1, -0.05) is 6.08 Å². The molecule has 6 heteroatoms. The molecular weight excluding hydrogens is 288 g/mol. The van der Waals surface area contributed by atoms with Crippen LogP contribution in [0.25, 0.3) is 11.0 Å². The lowest BCUT2D eigenvalue weighted by Crippen LogP contribution is -2.06. The van der Waals surface area contributed by atoms with Gasteiger partial charge < -0.3 is 18.6 Å². The second-order valence-electron chi connectivity index (χ2n) is 4.40. The summed E-state index contributed by atoms with van der Waals surface area (Å²) in [7, 11) is 3.00. The quantitative estimate of drug-likeness (QED) is 0.480. The molecule has 0 N–H and O–H groups in total. The van der Waals surface area contributed by atoms with Crippen molar-refractivity contribution in [2.75, 3.05) is 14.2 Å². The van der Waals surface area contributed by atoms with Crippen LogP contribution in [0.4, 0.5) is 0 Å². The van der Waals surface area contributed by atoms with E-state index in [1.165, 1.54) is 26.4 Å². The van der Waals surface area contributed by atoms with Gasteiger partial charge in [0.1, 0.15) is 12.2 Å². The number of hydrogen-bond acceptors (Lipinski definition) is 6. The SMILES string of the molecule is CC=CC(=O)OCc1cc(=O)oc2cc(OC)c(OC)cc12. The number of methoxy groups -OCH3 is 2. The van der Waals surface area contributed by atoms with Crippen LogP contribution in [-0.2, 0) is 16.1 Å². The lowest BCUT2D eigenvalue weighted by Gasteiger charge is -2.11. The highest BCUT2D eigenvalue weighted by atomic mass is 16.5. The lowest BCUT2D eigenvalue weighted by atomic mass is 10.1. The molecule has 0 aliphatic heterocycles. The minimum Gasteiger partial charge on any atom is -0.493 e. The van der Waals surface area contributed by atoms with E-state index < -0.39 is 11.6 Å². The zero-order valence-corrected chi connectivity index (χ0v) is 12.5. The van der Waals surface area contributed by atoms with Crippen molar-refractivity contribution in [1.29, 1.82) is 0 Å². The highest BCUT2D eigenvalue weighted by Gasteiger charge is 2.13. The van der Waals surface area contributed by atoms with Crippen molar-refractivity contribution in [2.24, 2.45) is 0 Å². The van der Waals surface area contributed by atoms with Crippen molar-refractivity contribution in [3.8, 4) is 11.5 Å². The standard InChI is InChI=1S/C16H16O6/c1-4-5-15(17)21-9-10-6-16(18)22-12-8-14(20-3)13(19-2)7-11(10)12/h4-8H,9H2,1-3H3. The molecule has 0 saturated carbocycles. The van der Waals surface area contributed by atoms with E-state index in [2.05, 4.69) is 0 Å². The van der Waals surface area contributed by atoms with Crippen molar-refractivity contribution >= 4 is 16.9 Å². The minimum absolute atomic E-state index is 0.0409. The second kappa shape index (κ2) is 6.80. The topological polar surface area (TPSA) is 75.0 Å². The van der Waals surface area contributed by atoms with Gasteiger partial charge in [0.15, 0.2) is 11.5 Å². The molecule has 6 nitrogen and oxygen atoms in total. The van der Waals surface area contributed by atoms with Crippen molar-refractivity contribution in [1.82, 2.24) is 0 Å². The molecule has 0 fully saturated rings. The van der Waals surface area contributed by atoms with Crippen LogP contribution in [0.3, 0.4) is 0 Å². The van der Waals surface area contributed by atoms with E-state index in [-0.39, 0.29) is 6.61 Å². The van der Waals surface area contributed by atoms with Gasteiger partial charge in [0.25, 0.3) is 0 Å². The van der Waals surface area contributed by atoms with Gasteiger partial charge in [-0.25, -0.2) is 9.59 Å². The van der Waals surface area contributed by atoms with Gasteiger partial charge in [0, 0.05) is 29.2 Å². The smallest absolute Gasteiger partial charge is 0.336 e. The summed E-state index contributed by atoms with van der Waals surface area (Å²) in [6.07, 6.45) is 2.88. The first kappa shape index (κ1) is 15.6. The van der Waals surface area contributed by atoms with E-state index >= 15 is 0 Å². The third-order valence-electron chi connectivity index (χ3n) is 3.01. The van der Waals surface area contributed by atoms with Crippen LogP contribution in [-0.4, -0.2) is 20.2 Å². The van der Waals surface area contributed by atoms with Crippen LogP contribution in [0.2, 0.25) is 0 Å². The van der Waals surface area contributed by atoms with Crippen LogP contribution >= 0.6 is 0 Å². The van der Waals surface area contributed by atoms with Crippen LogP contribution in [0.5, 0.6) is 11.5 Å². The molecule has 0 saturated heterocycles. The molecule has 1 heterocycles. The zero-order chi connectivity index (χ0) is 16.1. The third-order valence-corrected chi connectivity index (χ3v) is 3.01. The summed E-state index contributed by atoms with van der Waals surface area (Å²) in [5.41, 5.74) is 0.337. The second-order valence-corrected chi connectivity index (χ2v) is 4.40. The minimum atomic E-state index is -0.531. The van der Waals surface area contributed by atoms with Crippen LogP contribution in [0.1, 0.15) is 12.5 Å². The Labute approximate surface area is 126 Å². The Hall–Kier alpha value is -2.76. The third kappa shape index (κ3) is 3.28. The van der Waals surface area contributed by atoms with Gasteiger partial charge in [0.2, 0.25) is 0 Å². The molecule has 0 aliphatic carbocycles. The molecule has 22 heavy (non-hydrogen) atoms. The van der Waals surface area contributed by atoms with Crippen molar-refractivity contribution in [2.45, 2.75) is 13.5 Å². The van der Waals surface area contributed by atoms with E-state index in [1.807, 2.05) is 0 Å². The summed E-state index contributed by atoms with van der Waals surface area (Å²) >= 11 is 0. The lowest BCUT2D eigenvalue weighted by molar-refractivity contribution is -0.138. The van der Waals surface area contributed by atoms with Gasteiger partial charge in [-0.3, -0.25) is 0 Å². The van der Waals surface area contributed by atoms with E-state index in [9.17, 15) is 9.59 Å². The van der Waals surface area contributed by atoms with E-state index in [4.69, 9.17) is 18.6 Å². The number of ether oxygens (including phenoxy) is 3. The number of esters is 1. The largest absolute Gasteiger partial charge is 0.493 e. The molecular formula is C16H16O6. The molecule has 0 atom stereocenters. The maximum Gasteiger partial charge on any atom is 0.336 e. The summed E-state index contributed by atoms with van der Waals surface area (Å²) in [6.45, 7) is 1.67. The summed E-state index contributed by atoms with van der Waals surface area (Å²) in [6, 6.07) is 4.53. The number of hydrogen-bond donors (Lipinski definition) is 0. The van der Waals surface area contributed by atoms with Gasteiger partial charge in [0.05, 0.1) is 14.2 Å². The highest BCUT2D eigenvalue weighted by Crippen LogP contribution is 2.33. The Morgan fingerprint density at radius 1 is 1.18 bits per heavy atom. The van der Waals surface area contributed by atoms with E-state index in [0.29, 0.717) is 28.0 Å². The van der Waals surface area contributed by atoms with Crippen molar-refractivity contribution in [3.05, 3.63) is 46.3 Å². The number of carbonyl (C=O) groups excluding carboxylic acids is 1. The van der Waals surface area contributed by atoms with Crippen LogP contribution < -0.4 is 15.1 Å². The van der Waals surface area contributed by atoms with E-state index in [0.717, 1.165) is 0 Å². The fourth-order valence-corrected chi connectivity index (χ4v) is 2.01. The molecule has 2 aromatic rings. The Bertz CT molecular complexity index is 772. The Morgan fingerprint density at radius 3 is 2.50 bits per heavy atom. The number of allylic oxidation sites excluding steroid dienone is 1. The summed E-state index contributed by atoms with van der Waals surface area (Å²) in [4.78, 5) is 23.0. The van der Waals surface area contributed by atoms with Crippen LogP contribution in [0, 0.1) is 0 Å². The monoisotopic (exact) mass is 304 g/mol. The maximum atomic E-state index is 11.6. The number of fused-ring (bicyclic) bond motifs is 1. The van der Waals surface area contributed by atoms with Crippen molar-refractivity contribution < 1.29 is 23.4 Å². The van der Waals surface area contributed by atoms with Crippen LogP contribution in [0.15, 0.2) is 39.6 Å². The molecule has 0 bridgehead atoms. The average molecular weight is 304 g/mol. The fraction of sp³-hybridized carbons (Fsp3) is 0.250. The van der Waals surface area contributed by atoms with Gasteiger partial charge in [-0.15, -0.1) is 0 Å². The number of carbonyl (C=O) groups is 1. The Kier molecular flexibility index (Phi) is 4.83. The first-order chi connectivity index (χ1) is 10.6. The average Bonchev–Trinajstić information content (AvgIpc) is 2.51. The molecule has 0 unspecified atom stereocenters. The molecule has 1 aromatic carbocycles. The summed E-state index contributed by atoms with van der Waals surface area (Å²) in [5, 5.41) is 0.616. The summed E-state index contributed by atoms with van der Waals surface area (Å²) < 4.78 is 20.6. The van der Waals surface area contributed by atoms with Crippen molar-refractivity contribution in [3.63, 3.8) is 0 Å². The summed E-state index contributed by atoms with van der Waals surface area (Å²) in [5.74, 6) is 0.454. The van der Waals surface area contributed by atoms with Gasteiger partial charge in [-0.05, 0) is 13.0 Å². The predicted octanol–water partition coefficient (Wildman–Crippen LogP) is 2.43. The van der Waals surface area contributed by atoms with Gasteiger partial charge in [-0.2, -0.15) is 0 Å². The van der Waals surface area contributed by atoms with Gasteiger partial charge >= 0.3 is 11.6 Å². The number of benzene rings is 1. The first-order valence-electron chi connectivity index (χ1n) is 6.57. The molecule has 2 rings (SSSR count). The fourth-order valence-electron chi connectivity index (χ4n) is 2.01. The zero-order valence-electron chi connectivity index (χ0n) is 12.5. The molecule has 0 radical (unpaired) electrons. The Morgan fingerprint density at radius 2 is 1.86 bits per heavy atom. The maximum absolute atomic E-state index is 11.6. The molecule has 0 aliphatic rings. The molecule has 1 aromatic heterocycles. The molecule has 0 amide bonds. The normalized spacial score (nSPS) is 10.9. The number of rotatable bonds is 5. The first-order valence-corrected chi connectivity index (χ1v) is 6.57.